The smallest absolute Gasteiger partial charge is 0.00272 e. The lowest BCUT2D eigenvalue weighted by Gasteiger charge is -2.24. The van der Waals surface area contributed by atoms with Crippen molar-refractivity contribution >= 4 is 23.8 Å². The van der Waals surface area contributed by atoms with Crippen molar-refractivity contribution in [3.05, 3.63) is 41.0 Å². The minimum atomic E-state index is 0.616. The summed E-state index contributed by atoms with van der Waals surface area (Å²) >= 11 is 0. The van der Waals surface area contributed by atoms with Crippen molar-refractivity contribution in [2.24, 2.45) is 0 Å². The first-order valence-corrected chi connectivity index (χ1v) is 7.13. The van der Waals surface area contributed by atoms with Gasteiger partial charge in [0.1, 0.15) is 0 Å². The molecule has 1 aromatic rings. The molecule has 0 saturated heterocycles. The van der Waals surface area contributed by atoms with Crippen LogP contribution in [0.15, 0.2) is 24.3 Å². The monoisotopic (exact) mass is 250 g/mol. The highest BCUT2D eigenvalue weighted by Crippen LogP contribution is 2.32. The second kappa shape index (κ2) is 4.99. The number of hydrogen-bond acceptors (Lipinski definition) is 0. The van der Waals surface area contributed by atoms with Crippen molar-refractivity contribution in [3.8, 4) is 0 Å². The summed E-state index contributed by atoms with van der Waals surface area (Å²) in [5.74, 6) is 0.616. The van der Waals surface area contributed by atoms with Gasteiger partial charge in [0.25, 0.3) is 0 Å². The normalized spacial score (nSPS) is 24.8. The van der Waals surface area contributed by atoms with Crippen LogP contribution >= 0.6 is 18.5 Å². The molecule has 0 aliphatic heterocycles. The minimum Gasteiger partial charge on any atom is -0.130 e. The Kier molecular flexibility index (Phi) is 3.83. The fourth-order valence-electron chi connectivity index (χ4n) is 2.60. The maximum atomic E-state index is 2.90. The molecule has 0 N–H and O–H groups in total. The van der Waals surface area contributed by atoms with Crippen LogP contribution in [0.4, 0.5) is 0 Å². The second-order valence-electron chi connectivity index (χ2n) is 4.82. The third kappa shape index (κ3) is 2.55. The number of benzene rings is 1. The molecule has 0 spiro atoms. The van der Waals surface area contributed by atoms with E-state index in [0.717, 1.165) is 0 Å². The van der Waals surface area contributed by atoms with Gasteiger partial charge in [-0.25, -0.2) is 0 Å². The molecular formula is C14H20P2. The Bertz CT molecular complexity index is 398. The Labute approximate surface area is 103 Å². The first-order valence-electron chi connectivity index (χ1n) is 5.88. The molecule has 0 aromatic heterocycles. The highest BCUT2D eigenvalue weighted by molar-refractivity contribution is 7.27. The Hall–Kier alpha value is -0.180. The third-order valence-corrected chi connectivity index (χ3v) is 4.37. The molecular weight excluding hydrogens is 230 g/mol. The van der Waals surface area contributed by atoms with E-state index in [1.807, 2.05) is 0 Å². The van der Waals surface area contributed by atoms with Crippen molar-refractivity contribution < 1.29 is 0 Å². The van der Waals surface area contributed by atoms with Gasteiger partial charge in [0.05, 0.1) is 0 Å². The number of rotatable bonds is 1. The van der Waals surface area contributed by atoms with Crippen LogP contribution in [-0.4, -0.2) is 5.66 Å². The molecule has 0 radical (unpaired) electrons. The van der Waals surface area contributed by atoms with E-state index in [-0.39, 0.29) is 0 Å². The fraction of sp³-hybridized carbons (Fsp3) is 0.429. The van der Waals surface area contributed by atoms with E-state index < -0.39 is 0 Å². The van der Waals surface area contributed by atoms with E-state index in [1.54, 1.807) is 0 Å². The summed E-state index contributed by atoms with van der Waals surface area (Å²) < 4.78 is 0. The maximum Gasteiger partial charge on any atom is 0.00272 e. The van der Waals surface area contributed by atoms with Crippen LogP contribution in [0.25, 0.3) is 0 Å². The number of aryl methyl sites for hydroxylation is 2. The van der Waals surface area contributed by atoms with Gasteiger partial charge < -0.3 is 0 Å². The minimum absolute atomic E-state index is 0.616. The lowest BCUT2D eigenvalue weighted by atomic mass is 9.86. The highest BCUT2D eigenvalue weighted by Gasteiger charge is 2.18. The topological polar surface area (TPSA) is 0 Å². The second-order valence-corrected chi connectivity index (χ2v) is 6.30. The molecule has 1 aromatic carbocycles. The Morgan fingerprint density at radius 1 is 1.12 bits per heavy atom. The standard InChI is InChI=1S/C14H20P2/c1-9-7-10(2)14(13(16)8-9)11-3-5-12(15)6-4-11/h3,5,7-8,11-12H,4,6,15-16H2,1-2H3/t11-,12?/m1/s1. The van der Waals surface area contributed by atoms with Crippen LogP contribution in [0.5, 0.6) is 0 Å². The Morgan fingerprint density at radius 2 is 1.88 bits per heavy atom. The fourth-order valence-corrected chi connectivity index (χ4v) is 3.63. The Balaban J connectivity index is 2.37. The zero-order chi connectivity index (χ0) is 11.7. The average molecular weight is 250 g/mol. The molecule has 3 unspecified atom stereocenters. The van der Waals surface area contributed by atoms with Gasteiger partial charge in [-0.1, -0.05) is 29.8 Å². The maximum absolute atomic E-state index is 2.90. The van der Waals surface area contributed by atoms with Gasteiger partial charge in [-0.2, -0.15) is 0 Å². The summed E-state index contributed by atoms with van der Waals surface area (Å²) in [4.78, 5) is 0. The summed E-state index contributed by atoms with van der Waals surface area (Å²) in [5.41, 5.74) is 4.98. The van der Waals surface area contributed by atoms with E-state index in [9.17, 15) is 0 Å². The van der Waals surface area contributed by atoms with Crippen molar-refractivity contribution in [2.45, 2.75) is 38.3 Å². The van der Waals surface area contributed by atoms with Crippen LogP contribution in [0.2, 0.25) is 0 Å². The first-order chi connectivity index (χ1) is 7.58. The number of hydrogen-bond donors (Lipinski definition) is 0. The SMILES string of the molecule is Cc1cc(C)c([C@@H]2C=CC(P)CC2)c(P)c1. The number of allylic oxidation sites excluding steroid dienone is 2. The summed E-state index contributed by atoms with van der Waals surface area (Å²) in [7, 11) is 5.80. The largest absolute Gasteiger partial charge is 0.130 e. The molecule has 16 heavy (non-hydrogen) atoms. The van der Waals surface area contributed by atoms with Crippen molar-refractivity contribution in [1.29, 1.82) is 0 Å². The van der Waals surface area contributed by atoms with E-state index in [1.165, 1.54) is 34.8 Å². The molecule has 2 heteroatoms. The summed E-state index contributed by atoms with van der Waals surface area (Å²) in [6, 6.07) is 4.57. The van der Waals surface area contributed by atoms with Gasteiger partial charge >= 0.3 is 0 Å². The molecule has 0 fully saturated rings. The molecule has 0 bridgehead atoms. The molecule has 0 amide bonds. The zero-order valence-corrected chi connectivity index (χ0v) is 12.3. The van der Waals surface area contributed by atoms with Gasteiger partial charge in [-0.05, 0) is 48.8 Å². The van der Waals surface area contributed by atoms with Gasteiger partial charge in [0.15, 0.2) is 0 Å². The van der Waals surface area contributed by atoms with E-state index in [0.29, 0.717) is 11.6 Å². The summed E-state index contributed by atoms with van der Waals surface area (Å²) in [6.07, 6.45) is 7.27. The van der Waals surface area contributed by atoms with E-state index in [2.05, 4.69) is 56.6 Å². The van der Waals surface area contributed by atoms with Gasteiger partial charge in [-0.15, -0.1) is 18.5 Å². The quantitative estimate of drug-likeness (QED) is 0.528. The Morgan fingerprint density at radius 3 is 2.44 bits per heavy atom. The van der Waals surface area contributed by atoms with Crippen LogP contribution in [-0.2, 0) is 0 Å². The molecule has 0 saturated carbocycles. The molecule has 0 heterocycles. The molecule has 86 valence electrons. The van der Waals surface area contributed by atoms with Crippen LogP contribution in [0.3, 0.4) is 0 Å². The third-order valence-electron chi connectivity index (χ3n) is 3.34. The van der Waals surface area contributed by atoms with Gasteiger partial charge in [0, 0.05) is 5.92 Å². The zero-order valence-electron chi connectivity index (χ0n) is 10.0. The van der Waals surface area contributed by atoms with Crippen molar-refractivity contribution in [1.82, 2.24) is 0 Å². The molecule has 0 nitrogen and oxygen atoms in total. The van der Waals surface area contributed by atoms with Crippen molar-refractivity contribution in [3.63, 3.8) is 0 Å². The predicted octanol–water partition coefficient (Wildman–Crippen LogP) is 3.48. The molecule has 4 atom stereocenters. The molecule has 1 aliphatic rings. The van der Waals surface area contributed by atoms with Crippen molar-refractivity contribution in [2.75, 3.05) is 0 Å². The van der Waals surface area contributed by atoms with E-state index >= 15 is 0 Å². The highest BCUT2D eigenvalue weighted by atomic mass is 31.0. The van der Waals surface area contributed by atoms with Crippen LogP contribution < -0.4 is 5.30 Å². The lowest BCUT2D eigenvalue weighted by molar-refractivity contribution is 0.662. The van der Waals surface area contributed by atoms with Gasteiger partial charge in [0.2, 0.25) is 0 Å². The predicted molar refractivity (Wildman–Crippen MR) is 79.9 cm³/mol. The lowest BCUT2D eigenvalue weighted by Crippen LogP contribution is -2.14. The van der Waals surface area contributed by atoms with E-state index in [4.69, 9.17) is 0 Å². The summed E-state index contributed by atoms with van der Waals surface area (Å²) in [5, 5.41) is 1.37. The average Bonchev–Trinajstić information content (AvgIpc) is 2.19. The summed E-state index contributed by atoms with van der Waals surface area (Å²) in [6.45, 7) is 4.40. The van der Waals surface area contributed by atoms with Crippen LogP contribution in [0.1, 0.15) is 35.4 Å². The van der Waals surface area contributed by atoms with Gasteiger partial charge in [-0.3, -0.25) is 0 Å². The first kappa shape index (κ1) is 12.3. The molecule has 2 rings (SSSR count). The van der Waals surface area contributed by atoms with Crippen LogP contribution in [0, 0.1) is 13.8 Å². The molecule has 1 aliphatic carbocycles.